The van der Waals surface area contributed by atoms with E-state index in [-0.39, 0.29) is 12.5 Å². The van der Waals surface area contributed by atoms with Crippen LogP contribution in [0.5, 0.6) is 5.75 Å². The molecule has 1 heterocycles. The monoisotopic (exact) mass is 305 g/mol. The third kappa shape index (κ3) is 3.44. The van der Waals surface area contributed by atoms with Gasteiger partial charge in [0.15, 0.2) is 0 Å². The van der Waals surface area contributed by atoms with Crippen LogP contribution in [0.3, 0.4) is 0 Å². The standard InChI is InChI=1S/C15H19N3O4/c1-17(9-12(20)10-19)15(21)11-7-16-18(8-11)13-5-3-4-6-14(13)22-2/h3-8,12,19-20H,9-10H2,1-2H3/t12-/m0/s1. The van der Waals surface area contributed by atoms with Crippen molar-refractivity contribution in [3.8, 4) is 11.4 Å². The molecule has 118 valence electrons. The van der Waals surface area contributed by atoms with Crippen molar-refractivity contribution in [3.63, 3.8) is 0 Å². The number of carbonyl (C=O) groups is 1. The Morgan fingerprint density at radius 2 is 2.18 bits per heavy atom. The van der Waals surface area contributed by atoms with E-state index in [2.05, 4.69) is 5.10 Å². The van der Waals surface area contributed by atoms with Gasteiger partial charge in [0.1, 0.15) is 11.4 Å². The Hall–Kier alpha value is -2.38. The van der Waals surface area contributed by atoms with Crippen LogP contribution in [0, 0.1) is 0 Å². The number of rotatable bonds is 6. The van der Waals surface area contributed by atoms with Crippen LogP contribution >= 0.6 is 0 Å². The van der Waals surface area contributed by atoms with Crippen molar-refractivity contribution in [2.75, 3.05) is 27.3 Å². The summed E-state index contributed by atoms with van der Waals surface area (Å²) in [7, 11) is 3.13. The Kier molecular flexibility index (Phi) is 5.13. The lowest BCUT2D eigenvalue weighted by molar-refractivity contribution is 0.0520. The maximum absolute atomic E-state index is 12.2. The molecule has 2 N–H and O–H groups in total. The van der Waals surface area contributed by atoms with Crippen LogP contribution in [0.4, 0.5) is 0 Å². The molecular formula is C15H19N3O4. The van der Waals surface area contributed by atoms with Gasteiger partial charge in [0.25, 0.3) is 5.91 Å². The molecular weight excluding hydrogens is 286 g/mol. The van der Waals surface area contributed by atoms with Crippen molar-refractivity contribution in [2.24, 2.45) is 0 Å². The molecule has 0 unspecified atom stereocenters. The minimum Gasteiger partial charge on any atom is -0.494 e. The zero-order valence-corrected chi connectivity index (χ0v) is 12.5. The van der Waals surface area contributed by atoms with Crippen molar-refractivity contribution < 1.29 is 19.7 Å². The lowest BCUT2D eigenvalue weighted by Gasteiger charge is -2.18. The average molecular weight is 305 g/mol. The van der Waals surface area contributed by atoms with Crippen molar-refractivity contribution in [3.05, 3.63) is 42.2 Å². The summed E-state index contributed by atoms with van der Waals surface area (Å²) in [6.45, 7) is -0.340. The van der Waals surface area contributed by atoms with E-state index < -0.39 is 12.7 Å². The van der Waals surface area contributed by atoms with Crippen LogP contribution in [0.25, 0.3) is 5.69 Å². The zero-order chi connectivity index (χ0) is 16.1. The highest BCUT2D eigenvalue weighted by Gasteiger charge is 2.17. The molecule has 0 aliphatic heterocycles. The van der Waals surface area contributed by atoms with Gasteiger partial charge in [-0.25, -0.2) is 4.68 Å². The van der Waals surface area contributed by atoms with Gasteiger partial charge in [-0.05, 0) is 12.1 Å². The summed E-state index contributed by atoms with van der Waals surface area (Å²) in [6, 6.07) is 7.34. The number of aliphatic hydroxyl groups excluding tert-OH is 2. The van der Waals surface area contributed by atoms with Gasteiger partial charge in [-0.15, -0.1) is 0 Å². The Balaban J connectivity index is 2.19. The van der Waals surface area contributed by atoms with E-state index >= 15 is 0 Å². The molecule has 7 nitrogen and oxygen atoms in total. The van der Waals surface area contributed by atoms with Crippen LogP contribution in [-0.4, -0.2) is 64.2 Å². The second kappa shape index (κ2) is 7.06. The third-order valence-corrected chi connectivity index (χ3v) is 3.20. The fraction of sp³-hybridized carbons (Fsp3) is 0.333. The number of benzene rings is 1. The normalized spacial score (nSPS) is 12.0. The number of amides is 1. The van der Waals surface area contributed by atoms with Gasteiger partial charge >= 0.3 is 0 Å². The minimum absolute atomic E-state index is 0.0508. The molecule has 0 spiro atoms. The van der Waals surface area contributed by atoms with Gasteiger partial charge in [-0.2, -0.15) is 5.10 Å². The molecule has 0 radical (unpaired) electrons. The van der Waals surface area contributed by atoms with E-state index in [4.69, 9.17) is 9.84 Å². The largest absolute Gasteiger partial charge is 0.494 e. The van der Waals surface area contributed by atoms with Crippen LogP contribution in [0.2, 0.25) is 0 Å². The SMILES string of the molecule is COc1ccccc1-n1cc(C(=O)N(C)C[C@H](O)CO)cn1. The second-order valence-electron chi connectivity index (χ2n) is 4.87. The Morgan fingerprint density at radius 1 is 1.45 bits per heavy atom. The number of nitrogens with zero attached hydrogens (tertiary/aromatic N) is 3. The number of hydrogen-bond acceptors (Lipinski definition) is 5. The van der Waals surface area contributed by atoms with E-state index in [1.54, 1.807) is 25.0 Å². The molecule has 0 aliphatic rings. The molecule has 22 heavy (non-hydrogen) atoms. The number of hydrogen-bond donors (Lipinski definition) is 2. The minimum atomic E-state index is -0.960. The molecule has 1 amide bonds. The number of methoxy groups -OCH3 is 1. The van der Waals surface area contributed by atoms with E-state index in [1.165, 1.54) is 11.1 Å². The van der Waals surface area contributed by atoms with Crippen molar-refractivity contribution in [2.45, 2.75) is 6.10 Å². The Labute approximate surface area is 128 Å². The molecule has 0 aliphatic carbocycles. The van der Waals surface area contributed by atoms with Gasteiger partial charge in [0, 0.05) is 19.8 Å². The molecule has 7 heteroatoms. The summed E-state index contributed by atoms with van der Waals surface area (Å²) in [4.78, 5) is 13.6. The van der Waals surface area contributed by atoms with Gasteiger partial charge in [-0.1, -0.05) is 12.1 Å². The van der Waals surface area contributed by atoms with Gasteiger partial charge < -0.3 is 19.8 Å². The maximum atomic E-state index is 12.2. The fourth-order valence-electron chi connectivity index (χ4n) is 2.06. The quantitative estimate of drug-likeness (QED) is 0.802. The first-order valence-electron chi connectivity index (χ1n) is 6.79. The maximum Gasteiger partial charge on any atom is 0.256 e. The molecule has 1 aromatic heterocycles. The summed E-state index contributed by atoms with van der Waals surface area (Å²) < 4.78 is 6.83. The van der Waals surface area contributed by atoms with Gasteiger partial charge in [0.2, 0.25) is 0 Å². The van der Waals surface area contributed by atoms with Crippen molar-refractivity contribution in [1.29, 1.82) is 0 Å². The Morgan fingerprint density at radius 3 is 2.86 bits per heavy atom. The summed E-state index contributed by atoms with van der Waals surface area (Å²) in [5.74, 6) is 0.363. The first-order valence-corrected chi connectivity index (χ1v) is 6.79. The predicted molar refractivity (Wildman–Crippen MR) is 80.2 cm³/mol. The molecule has 1 aromatic carbocycles. The lowest BCUT2D eigenvalue weighted by Crippen LogP contribution is -2.35. The summed E-state index contributed by atoms with van der Waals surface area (Å²) in [5.41, 5.74) is 1.11. The average Bonchev–Trinajstić information content (AvgIpc) is 3.03. The molecule has 0 fully saturated rings. The first-order chi connectivity index (χ1) is 10.6. The summed E-state index contributed by atoms with van der Waals surface area (Å²) >= 11 is 0. The van der Waals surface area contributed by atoms with Crippen LogP contribution in [0.1, 0.15) is 10.4 Å². The molecule has 0 saturated heterocycles. The van der Waals surface area contributed by atoms with Crippen LogP contribution < -0.4 is 4.74 Å². The third-order valence-electron chi connectivity index (χ3n) is 3.20. The molecule has 2 aromatic rings. The van der Waals surface area contributed by atoms with Crippen LogP contribution in [0.15, 0.2) is 36.7 Å². The first kappa shape index (κ1) is 16.0. The number of para-hydroxylation sites is 2. The second-order valence-corrected chi connectivity index (χ2v) is 4.87. The highest BCUT2D eigenvalue weighted by molar-refractivity contribution is 5.93. The molecule has 0 saturated carbocycles. The zero-order valence-electron chi connectivity index (χ0n) is 12.5. The summed E-state index contributed by atoms with van der Waals surface area (Å²) in [6.07, 6.45) is 2.09. The highest BCUT2D eigenvalue weighted by Crippen LogP contribution is 2.21. The smallest absolute Gasteiger partial charge is 0.256 e. The van der Waals surface area contributed by atoms with Crippen molar-refractivity contribution >= 4 is 5.91 Å². The van der Waals surface area contributed by atoms with Crippen LogP contribution in [-0.2, 0) is 0 Å². The molecule has 2 rings (SSSR count). The number of aromatic nitrogens is 2. The van der Waals surface area contributed by atoms with E-state index in [1.807, 2.05) is 24.3 Å². The number of likely N-dealkylation sites (N-methyl/N-ethyl adjacent to an activating group) is 1. The number of carbonyl (C=O) groups excluding carboxylic acids is 1. The van der Waals surface area contributed by atoms with E-state index in [0.717, 1.165) is 5.69 Å². The van der Waals surface area contributed by atoms with E-state index in [9.17, 15) is 9.90 Å². The summed E-state index contributed by atoms with van der Waals surface area (Å²) in [5, 5.41) is 22.4. The van der Waals surface area contributed by atoms with E-state index in [0.29, 0.717) is 11.3 Å². The predicted octanol–water partition coefficient (Wildman–Crippen LogP) is 0.306. The van der Waals surface area contributed by atoms with Gasteiger partial charge in [0.05, 0.1) is 31.6 Å². The fourth-order valence-corrected chi connectivity index (χ4v) is 2.06. The molecule has 0 bridgehead atoms. The Bertz CT molecular complexity index is 641. The molecule has 1 atom stereocenters. The number of aliphatic hydroxyl groups is 2. The topological polar surface area (TPSA) is 87.8 Å². The van der Waals surface area contributed by atoms with Crippen molar-refractivity contribution in [1.82, 2.24) is 14.7 Å². The lowest BCUT2D eigenvalue weighted by atomic mass is 10.2. The van der Waals surface area contributed by atoms with Gasteiger partial charge in [-0.3, -0.25) is 4.79 Å². The number of ether oxygens (including phenoxy) is 1. The highest BCUT2D eigenvalue weighted by atomic mass is 16.5.